The molecule has 16 heavy (non-hydrogen) atoms. The monoisotopic (exact) mass is 227 g/mol. The molecule has 0 radical (unpaired) electrons. The Hall–Kier alpha value is -2.45. The Balaban J connectivity index is 2.69. The summed E-state index contributed by atoms with van der Waals surface area (Å²) in [4.78, 5) is 9.47. The lowest BCUT2D eigenvalue weighted by molar-refractivity contribution is -0.387. The average molecular weight is 227 g/mol. The Morgan fingerprint density at radius 2 is 2.12 bits per heavy atom. The van der Waals surface area contributed by atoms with Crippen LogP contribution in [0, 0.1) is 21.7 Å². The number of nitro benzene ring substituents is 1. The highest BCUT2D eigenvalue weighted by Crippen LogP contribution is 2.28. The molecule has 1 aromatic heterocycles. The van der Waals surface area contributed by atoms with Crippen LogP contribution in [0.15, 0.2) is 12.1 Å². The molecule has 0 unspecified atom stereocenters. The molecule has 0 amide bonds. The van der Waals surface area contributed by atoms with Gasteiger partial charge in [-0.3, -0.25) is 10.1 Å². The maximum Gasteiger partial charge on any atom is 0.305 e. The van der Waals surface area contributed by atoms with Crippen LogP contribution in [0.2, 0.25) is 0 Å². The minimum Gasteiger partial charge on any atom is -0.258 e. The van der Waals surface area contributed by atoms with Crippen LogP contribution in [0.3, 0.4) is 0 Å². The molecule has 1 heterocycles. The van der Waals surface area contributed by atoms with E-state index in [-0.39, 0.29) is 5.82 Å². The van der Waals surface area contributed by atoms with Crippen molar-refractivity contribution in [1.82, 2.24) is 20.6 Å². The molecule has 2 aromatic rings. The van der Waals surface area contributed by atoms with Crippen LogP contribution < -0.4 is 0 Å². The van der Waals surface area contributed by atoms with E-state index in [2.05, 4.69) is 15.4 Å². The second-order valence-corrected chi connectivity index (χ2v) is 2.75. The smallest absolute Gasteiger partial charge is 0.258 e. The van der Waals surface area contributed by atoms with Crippen molar-refractivity contribution in [2.24, 2.45) is 0 Å². The van der Waals surface area contributed by atoms with Gasteiger partial charge in [0, 0.05) is 6.07 Å². The van der Waals surface area contributed by atoms with Crippen molar-refractivity contribution in [1.29, 1.82) is 0 Å². The lowest BCUT2D eigenvalue weighted by Crippen LogP contribution is -1.98. The molecule has 9 heteroatoms. The number of aromatic nitrogens is 4. The van der Waals surface area contributed by atoms with Crippen LogP contribution in [0.4, 0.5) is 14.5 Å². The third-order valence-corrected chi connectivity index (χ3v) is 1.84. The summed E-state index contributed by atoms with van der Waals surface area (Å²) < 4.78 is 26.8. The molecule has 0 spiro atoms. The Morgan fingerprint density at radius 3 is 2.69 bits per heavy atom. The van der Waals surface area contributed by atoms with Gasteiger partial charge in [0.05, 0.1) is 4.92 Å². The van der Waals surface area contributed by atoms with E-state index >= 15 is 0 Å². The number of nitrogens with one attached hydrogen (secondary N) is 1. The van der Waals surface area contributed by atoms with Gasteiger partial charge in [-0.1, -0.05) is 0 Å². The Labute approximate surface area is 86.2 Å². The lowest BCUT2D eigenvalue weighted by atomic mass is 10.1. The Bertz CT molecular complexity index is 542. The van der Waals surface area contributed by atoms with Crippen LogP contribution in [0.25, 0.3) is 11.4 Å². The quantitative estimate of drug-likeness (QED) is 0.610. The van der Waals surface area contributed by atoms with Crippen LogP contribution >= 0.6 is 0 Å². The molecule has 0 aliphatic carbocycles. The predicted molar refractivity (Wildman–Crippen MR) is 46.2 cm³/mol. The van der Waals surface area contributed by atoms with Gasteiger partial charge in [-0.2, -0.15) is 9.60 Å². The van der Waals surface area contributed by atoms with Crippen molar-refractivity contribution in [3.63, 3.8) is 0 Å². The standard InChI is InChI=1S/C7H3F2N5O2/c8-3-1-2-4(14(15)16)6(9)5(3)7-10-12-13-11-7/h1-2H,(H,10,11,12,13). The number of benzene rings is 1. The highest BCUT2D eigenvalue weighted by atomic mass is 19.1. The van der Waals surface area contributed by atoms with Gasteiger partial charge >= 0.3 is 5.69 Å². The molecule has 0 saturated carbocycles. The number of tetrazole rings is 1. The fourth-order valence-electron chi connectivity index (χ4n) is 1.16. The fraction of sp³-hybridized carbons (Fsp3) is 0. The minimum atomic E-state index is -1.33. The second kappa shape index (κ2) is 3.61. The van der Waals surface area contributed by atoms with E-state index in [9.17, 15) is 18.9 Å². The fourth-order valence-corrected chi connectivity index (χ4v) is 1.16. The maximum atomic E-state index is 13.5. The number of hydrogen-bond donors (Lipinski definition) is 1. The van der Waals surface area contributed by atoms with Crippen LogP contribution in [-0.2, 0) is 0 Å². The summed E-state index contributed by atoms with van der Waals surface area (Å²) in [6.45, 7) is 0. The van der Waals surface area contributed by atoms with Gasteiger partial charge in [-0.05, 0) is 11.3 Å². The Morgan fingerprint density at radius 1 is 1.38 bits per heavy atom. The number of rotatable bonds is 2. The largest absolute Gasteiger partial charge is 0.305 e. The summed E-state index contributed by atoms with van der Waals surface area (Å²) in [5.74, 6) is -2.70. The van der Waals surface area contributed by atoms with Crippen LogP contribution in [-0.4, -0.2) is 25.5 Å². The maximum absolute atomic E-state index is 13.5. The zero-order valence-electron chi connectivity index (χ0n) is 7.52. The summed E-state index contributed by atoms with van der Waals surface area (Å²) in [7, 11) is 0. The van der Waals surface area contributed by atoms with Gasteiger partial charge in [0.15, 0.2) is 0 Å². The average Bonchev–Trinajstić information content (AvgIpc) is 2.70. The first-order chi connectivity index (χ1) is 7.61. The van der Waals surface area contributed by atoms with E-state index < -0.39 is 27.8 Å². The molecule has 82 valence electrons. The molecule has 0 fully saturated rings. The number of hydrogen-bond acceptors (Lipinski definition) is 5. The van der Waals surface area contributed by atoms with E-state index in [1.54, 1.807) is 0 Å². The second-order valence-electron chi connectivity index (χ2n) is 2.75. The number of nitro groups is 1. The predicted octanol–water partition coefficient (Wildman–Crippen LogP) is 1.05. The first-order valence-corrected chi connectivity index (χ1v) is 3.97. The topological polar surface area (TPSA) is 97.6 Å². The third-order valence-electron chi connectivity index (χ3n) is 1.84. The number of H-pyrrole nitrogens is 1. The van der Waals surface area contributed by atoms with Crippen LogP contribution in [0.1, 0.15) is 0 Å². The normalized spacial score (nSPS) is 10.4. The van der Waals surface area contributed by atoms with E-state index in [4.69, 9.17) is 0 Å². The van der Waals surface area contributed by atoms with Gasteiger partial charge in [0.25, 0.3) is 0 Å². The summed E-state index contributed by atoms with van der Waals surface area (Å²) >= 11 is 0. The van der Waals surface area contributed by atoms with Gasteiger partial charge in [-0.15, -0.1) is 10.2 Å². The van der Waals surface area contributed by atoms with Crippen molar-refractivity contribution in [3.8, 4) is 11.4 Å². The van der Waals surface area contributed by atoms with E-state index in [1.165, 1.54) is 0 Å². The van der Waals surface area contributed by atoms with Crippen molar-refractivity contribution >= 4 is 5.69 Å². The van der Waals surface area contributed by atoms with Gasteiger partial charge in [0.2, 0.25) is 11.6 Å². The summed E-state index contributed by atoms with van der Waals surface area (Å²) in [5.41, 5.74) is -1.52. The number of aromatic amines is 1. The SMILES string of the molecule is O=[N+]([O-])c1ccc(F)c(-c2nn[nH]n2)c1F. The van der Waals surface area contributed by atoms with Crippen LogP contribution in [0.5, 0.6) is 0 Å². The molecule has 7 nitrogen and oxygen atoms in total. The van der Waals surface area contributed by atoms with Gasteiger partial charge in [-0.25, -0.2) is 4.39 Å². The van der Waals surface area contributed by atoms with Crippen molar-refractivity contribution < 1.29 is 13.7 Å². The Kier molecular flexibility index (Phi) is 2.27. The molecule has 0 aliphatic rings. The molecule has 0 saturated heterocycles. The van der Waals surface area contributed by atoms with Crippen molar-refractivity contribution in [3.05, 3.63) is 33.9 Å². The zero-order valence-corrected chi connectivity index (χ0v) is 7.52. The van der Waals surface area contributed by atoms with Crippen molar-refractivity contribution in [2.45, 2.75) is 0 Å². The summed E-state index contributed by atoms with van der Waals surface area (Å²) in [6.07, 6.45) is 0. The lowest BCUT2D eigenvalue weighted by Gasteiger charge is -2.00. The number of nitrogens with zero attached hydrogens (tertiary/aromatic N) is 4. The molecule has 0 bridgehead atoms. The van der Waals surface area contributed by atoms with E-state index in [0.717, 1.165) is 12.1 Å². The molecular weight excluding hydrogens is 224 g/mol. The molecule has 1 N–H and O–H groups in total. The first kappa shape index (κ1) is 10.1. The van der Waals surface area contributed by atoms with Gasteiger partial charge < -0.3 is 0 Å². The first-order valence-electron chi connectivity index (χ1n) is 3.97. The van der Waals surface area contributed by atoms with E-state index in [0.29, 0.717) is 0 Å². The zero-order chi connectivity index (χ0) is 11.7. The molecule has 2 rings (SSSR count). The molecular formula is C7H3F2N5O2. The minimum absolute atomic E-state index is 0.376. The molecule has 1 aromatic carbocycles. The third kappa shape index (κ3) is 1.47. The highest BCUT2D eigenvalue weighted by Gasteiger charge is 2.24. The number of halogens is 2. The highest BCUT2D eigenvalue weighted by molar-refractivity contribution is 5.60. The van der Waals surface area contributed by atoms with Gasteiger partial charge in [0.1, 0.15) is 11.4 Å². The summed E-state index contributed by atoms with van der Waals surface area (Å²) in [6, 6.07) is 1.50. The molecule has 0 atom stereocenters. The van der Waals surface area contributed by atoms with Crippen molar-refractivity contribution in [2.75, 3.05) is 0 Å². The summed E-state index contributed by atoms with van der Waals surface area (Å²) in [5, 5.41) is 22.3. The van der Waals surface area contributed by atoms with E-state index in [1.807, 2.05) is 5.21 Å². The molecule has 0 aliphatic heterocycles.